The first-order valence-corrected chi connectivity index (χ1v) is 11.7. The van der Waals surface area contributed by atoms with E-state index in [0.29, 0.717) is 11.8 Å². The third-order valence-corrected chi connectivity index (χ3v) is 8.25. The molecule has 0 unspecified atom stereocenters. The number of Topliss-reactive ketones (excluding diaryl/α,β-unsaturated/α-hetero) is 1. The lowest BCUT2D eigenvalue weighted by molar-refractivity contribution is -0.126. The van der Waals surface area contributed by atoms with Gasteiger partial charge in [-0.3, -0.25) is 9.59 Å². The Morgan fingerprint density at radius 3 is 2.57 bits per heavy atom. The van der Waals surface area contributed by atoms with E-state index in [-0.39, 0.29) is 23.2 Å². The number of likely N-dealkylation sites (tertiary alicyclic amines) is 1. The Balaban J connectivity index is 2.11. The summed E-state index contributed by atoms with van der Waals surface area (Å²) in [6.45, 7) is 8.29. The minimum Gasteiger partial charge on any atom is -0.511 e. The van der Waals surface area contributed by atoms with E-state index in [1.807, 2.05) is 0 Å². The topological polar surface area (TPSA) is 77.8 Å². The van der Waals surface area contributed by atoms with Crippen LogP contribution in [0, 0.1) is 29.1 Å². The Hall–Kier alpha value is -1.62. The van der Waals surface area contributed by atoms with Gasteiger partial charge in [-0.1, -0.05) is 58.1 Å². The van der Waals surface area contributed by atoms with Crippen LogP contribution in [0.4, 0.5) is 0 Å². The lowest BCUT2D eigenvalue weighted by atomic mass is 9.51. The van der Waals surface area contributed by atoms with E-state index < -0.39 is 29.8 Å². The second kappa shape index (κ2) is 8.86. The van der Waals surface area contributed by atoms with Gasteiger partial charge in [-0.25, -0.2) is 0 Å². The molecule has 0 aromatic heterocycles. The maximum atomic E-state index is 13.0. The lowest BCUT2D eigenvalue weighted by Crippen LogP contribution is -2.47. The van der Waals surface area contributed by atoms with Gasteiger partial charge in [-0.05, 0) is 49.9 Å². The van der Waals surface area contributed by atoms with Gasteiger partial charge < -0.3 is 15.1 Å². The van der Waals surface area contributed by atoms with Crippen molar-refractivity contribution in [1.82, 2.24) is 4.90 Å². The molecule has 5 nitrogen and oxygen atoms in total. The molecule has 1 amide bonds. The fourth-order valence-electron chi connectivity index (χ4n) is 6.46. The summed E-state index contributed by atoms with van der Waals surface area (Å²) in [7, 11) is 1.53. The Kier molecular flexibility index (Phi) is 6.81. The minimum atomic E-state index is -0.890. The number of carbonyl (C=O) groups is 2. The van der Waals surface area contributed by atoms with E-state index in [1.54, 1.807) is 0 Å². The molecule has 5 heteroatoms. The van der Waals surface area contributed by atoms with E-state index in [9.17, 15) is 19.8 Å². The molecule has 3 rings (SSSR count). The summed E-state index contributed by atoms with van der Waals surface area (Å²) in [6.07, 6.45) is 9.88. The molecule has 0 aromatic carbocycles. The Bertz CT molecular complexity index is 754. The van der Waals surface area contributed by atoms with Gasteiger partial charge in [0.2, 0.25) is 0 Å². The first-order valence-electron chi connectivity index (χ1n) is 11.7. The number of hydrogen-bond acceptors (Lipinski definition) is 4. The van der Waals surface area contributed by atoms with Crippen LogP contribution in [-0.4, -0.2) is 46.5 Å². The van der Waals surface area contributed by atoms with Crippen molar-refractivity contribution in [2.45, 2.75) is 78.7 Å². The SMILES string of the molecule is CCCCC[C@@H]1C(C)=C[C@@H]2C[C@H](C)CC[C@H]2[C@]1(C)/C(O)=C1/C(=O)[C@H](CO)N(C)C1=O. The van der Waals surface area contributed by atoms with Gasteiger partial charge in [0.1, 0.15) is 17.4 Å². The van der Waals surface area contributed by atoms with Crippen LogP contribution >= 0.6 is 0 Å². The number of nitrogens with zero attached hydrogens (tertiary/aromatic N) is 1. The number of hydrogen-bond donors (Lipinski definition) is 2. The van der Waals surface area contributed by atoms with Crippen LogP contribution in [0.15, 0.2) is 23.0 Å². The van der Waals surface area contributed by atoms with Crippen molar-refractivity contribution in [3.8, 4) is 0 Å². The number of likely N-dealkylation sites (N-methyl/N-ethyl adjacent to an activating group) is 1. The number of amides is 1. The number of aliphatic hydroxyl groups is 2. The first-order chi connectivity index (χ1) is 14.2. The standard InChI is InChI=1S/C25H39NO4/c1-6-7-8-9-18-16(3)13-17-12-15(2)10-11-19(17)25(18,4)23(29)21-22(28)20(14-27)26(5)24(21)30/h13,15,17-20,27,29H,6-12,14H2,1-5H3/b23-21+/t15-,17+,18-,19-,20+,25-/m1/s1. The molecule has 1 heterocycles. The highest BCUT2D eigenvalue weighted by Gasteiger charge is 2.55. The Morgan fingerprint density at radius 1 is 1.27 bits per heavy atom. The molecule has 0 spiro atoms. The average molecular weight is 418 g/mol. The molecule has 2 N–H and O–H groups in total. The van der Waals surface area contributed by atoms with Crippen molar-refractivity contribution in [3.05, 3.63) is 23.0 Å². The second-order valence-electron chi connectivity index (χ2n) is 10.1. The molecular formula is C25H39NO4. The van der Waals surface area contributed by atoms with Crippen molar-refractivity contribution >= 4 is 11.7 Å². The highest BCUT2D eigenvalue weighted by Crippen LogP contribution is 2.58. The summed E-state index contributed by atoms with van der Waals surface area (Å²) in [5.74, 6) is 0.411. The van der Waals surface area contributed by atoms with E-state index in [2.05, 4.69) is 33.8 Å². The van der Waals surface area contributed by atoms with Crippen LogP contribution in [0.2, 0.25) is 0 Å². The number of carbonyl (C=O) groups excluding carboxylic acids is 2. The quantitative estimate of drug-likeness (QED) is 0.221. The van der Waals surface area contributed by atoms with E-state index in [0.717, 1.165) is 44.9 Å². The number of allylic oxidation sites excluding steroid dienone is 3. The molecule has 0 aromatic rings. The van der Waals surface area contributed by atoms with Gasteiger partial charge in [0.05, 0.1) is 6.61 Å². The molecular weight excluding hydrogens is 378 g/mol. The van der Waals surface area contributed by atoms with Gasteiger partial charge in [-0.15, -0.1) is 0 Å². The number of rotatable bonds is 6. The molecule has 1 saturated heterocycles. The summed E-state index contributed by atoms with van der Waals surface area (Å²) < 4.78 is 0. The van der Waals surface area contributed by atoms with Crippen LogP contribution in [0.3, 0.4) is 0 Å². The summed E-state index contributed by atoms with van der Waals surface area (Å²) >= 11 is 0. The first kappa shape index (κ1) is 23.1. The molecule has 6 atom stereocenters. The Labute approximate surface area is 181 Å². The summed E-state index contributed by atoms with van der Waals surface area (Å²) in [6, 6.07) is -0.890. The monoisotopic (exact) mass is 417 g/mol. The molecule has 1 saturated carbocycles. The van der Waals surface area contributed by atoms with Crippen LogP contribution in [0.1, 0.15) is 72.6 Å². The average Bonchev–Trinajstić information content (AvgIpc) is 2.91. The van der Waals surface area contributed by atoms with Gasteiger partial charge >= 0.3 is 0 Å². The number of unbranched alkanes of at least 4 members (excludes halogenated alkanes) is 2. The zero-order chi connectivity index (χ0) is 22.2. The van der Waals surface area contributed by atoms with E-state index >= 15 is 0 Å². The maximum Gasteiger partial charge on any atom is 0.261 e. The fourth-order valence-corrected chi connectivity index (χ4v) is 6.46. The summed E-state index contributed by atoms with van der Waals surface area (Å²) in [4.78, 5) is 27.2. The molecule has 0 radical (unpaired) electrons. The van der Waals surface area contributed by atoms with Crippen molar-refractivity contribution in [2.75, 3.05) is 13.7 Å². The van der Waals surface area contributed by atoms with Crippen LogP contribution in [0.25, 0.3) is 0 Å². The summed E-state index contributed by atoms with van der Waals surface area (Å²) in [5.41, 5.74) is 0.552. The van der Waals surface area contributed by atoms with E-state index in [4.69, 9.17) is 0 Å². The van der Waals surface area contributed by atoms with Crippen LogP contribution in [-0.2, 0) is 9.59 Å². The predicted octanol–water partition coefficient (Wildman–Crippen LogP) is 4.42. The van der Waals surface area contributed by atoms with Crippen molar-refractivity contribution in [2.24, 2.45) is 29.1 Å². The highest BCUT2D eigenvalue weighted by molar-refractivity contribution is 6.26. The Morgan fingerprint density at radius 2 is 1.97 bits per heavy atom. The lowest BCUT2D eigenvalue weighted by Gasteiger charge is -2.53. The van der Waals surface area contributed by atoms with Crippen LogP contribution < -0.4 is 0 Å². The zero-order valence-electron chi connectivity index (χ0n) is 19.3. The number of ketones is 1. The number of fused-ring (bicyclic) bond motifs is 1. The van der Waals surface area contributed by atoms with Gasteiger partial charge in [-0.2, -0.15) is 0 Å². The fraction of sp³-hybridized carbons (Fsp3) is 0.760. The molecule has 30 heavy (non-hydrogen) atoms. The molecule has 3 aliphatic rings. The van der Waals surface area contributed by atoms with Crippen molar-refractivity contribution < 1.29 is 19.8 Å². The molecule has 168 valence electrons. The third kappa shape index (κ3) is 3.63. The minimum absolute atomic E-state index is 0.0289. The smallest absolute Gasteiger partial charge is 0.261 e. The highest BCUT2D eigenvalue weighted by atomic mass is 16.3. The molecule has 2 fully saturated rings. The van der Waals surface area contributed by atoms with Gasteiger partial charge in [0.15, 0.2) is 5.78 Å². The third-order valence-electron chi connectivity index (χ3n) is 8.25. The zero-order valence-corrected chi connectivity index (χ0v) is 19.3. The molecule has 0 bridgehead atoms. The maximum absolute atomic E-state index is 13.0. The second-order valence-corrected chi connectivity index (χ2v) is 10.1. The van der Waals surface area contributed by atoms with Gasteiger partial charge in [0.25, 0.3) is 5.91 Å². The van der Waals surface area contributed by atoms with Crippen molar-refractivity contribution in [1.29, 1.82) is 0 Å². The van der Waals surface area contributed by atoms with E-state index in [1.165, 1.54) is 17.5 Å². The molecule has 1 aliphatic heterocycles. The predicted molar refractivity (Wildman–Crippen MR) is 118 cm³/mol. The summed E-state index contributed by atoms with van der Waals surface area (Å²) in [5, 5.41) is 21.3. The van der Waals surface area contributed by atoms with Crippen LogP contribution in [0.5, 0.6) is 0 Å². The van der Waals surface area contributed by atoms with Gasteiger partial charge in [0, 0.05) is 12.5 Å². The largest absolute Gasteiger partial charge is 0.511 e. The number of aliphatic hydroxyl groups excluding tert-OH is 2. The normalized spacial score (nSPS) is 38.5. The molecule has 2 aliphatic carbocycles. The van der Waals surface area contributed by atoms with Crippen molar-refractivity contribution in [3.63, 3.8) is 0 Å².